The Hall–Kier alpha value is -2.35. The number of oxime groups is 1. The number of sulfonamides is 1. The van der Waals surface area contributed by atoms with Gasteiger partial charge >= 0.3 is 10.2 Å². The molecule has 13 heteroatoms. The Morgan fingerprint density at radius 1 is 1.23 bits per heavy atom. The summed E-state index contributed by atoms with van der Waals surface area (Å²) in [5.41, 5.74) is 3.04. The zero-order valence-electron chi connectivity index (χ0n) is 17.7. The van der Waals surface area contributed by atoms with Gasteiger partial charge in [-0.25, -0.2) is 18.1 Å². The fourth-order valence-corrected chi connectivity index (χ4v) is 3.92. The fraction of sp³-hybridized carbons (Fsp3) is 0.471. The van der Waals surface area contributed by atoms with Crippen LogP contribution in [0.15, 0.2) is 34.8 Å². The van der Waals surface area contributed by atoms with Gasteiger partial charge in [-0.2, -0.15) is 12.7 Å². The predicted octanol–water partition coefficient (Wildman–Crippen LogP) is 0.657. The van der Waals surface area contributed by atoms with E-state index in [0.717, 1.165) is 27.3 Å². The van der Waals surface area contributed by atoms with Crippen LogP contribution in [-0.2, 0) is 25.1 Å². The second kappa shape index (κ2) is 9.20. The highest BCUT2D eigenvalue weighted by atomic mass is 32.2. The Balaban J connectivity index is 2.30. The van der Waals surface area contributed by atoms with Crippen molar-refractivity contribution in [1.82, 2.24) is 23.2 Å². The molecule has 0 aliphatic carbocycles. The summed E-state index contributed by atoms with van der Waals surface area (Å²) in [7, 11) is -5.59. The maximum Gasteiger partial charge on any atom is 0.323 e. The molecular weight excluding hydrogens is 432 g/mol. The monoisotopic (exact) mass is 458 g/mol. The van der Waals surface area contributed by atoms with E-state index in [1.807, 2.05) is 32.0 Å². The normalized spacial score (nSPS) is 13.3. The van der Waals surface area contributed by atoms with E-state index in [2.05, 4.69) is 20.0 Å². The summed E-state index contributed by atoms with van der Waals surface area (Å²) < 4.78 is 53.1. The lowest BCUT2D eigenvalue weighted by Crippen LogP contribution is -2.32. The molecule has 0 amide bonds. The summed E-state index contributed by atoms with van der Waals surface area (Å²) >= 11 is 0. The van der Waals surface area contributed by atoms with Crippen molar-refractivity contribution in [2.45, 2.75) is 39.0 Å². The molecule has 0 spiro atoms. The van der Waals surface area contributed by atoms with Crippen LogP contribution in [0.2, 0.25) is 0 Å². The first-order valence-electron chi connectivity index (χ1n) is 8.99. The highest BCUT2D eigenvalue weighted by Crippen LogP contribution is 2.13. The minimum Gasteiger partial charge on any atom is -0.393 e. The summed E-state index contributed by atoms with van der Waals surface area (Å²) in [5, 5.41) is 7.00. The standard InChI is InChI=1S/C17H26N6O5S2/c1-12(2)28-21-16(15-8-7-13(3)9-14(15)4)10-19-29(24,25)17-18-11-23(20-17)30(26,27)22(5)6/h7-9,11-12,19H,10H2,1-6H3/b21-16+. The Bertz CT molecular complexity index is 1140. The van der Waals surface area contributed by atoms with E-state index in [1.54, 1.807) is 13.8 Å². The van der Waals surface area contributed by atoms with Gasteiger partial charge in [-0.15, -0.1) is 9.19 Å². The van der Waals surface area contributed by atoms with Crippen LogP contribution in [0, 0.1) is 13.8 Å². The zero-order valence-corrected chi connectivity index (χ0v) is 19.3. The third-order valence-electron chi connectivity index (χ3n) is 3.89. The first-order valence-corrected chi connectivity index (χ1v) is 11.9. The number of rotatable bonds is 9. The Labute approximate surface area is 177 Å². The lowest BCUT2D eigenvalue weighted by atomic mass is 10.0. The Morgan fingerprint density at radius 2 is 1.90 bits per heavy atom. The molecule has 0 atom stereocenters. The van der Waals surface area contributed by atoms with Gasteiger partial charge in [-0.3, -0.25) is 0 Å². The van der Waals surface area contributed by atoms with Crippen molar-refractivity contribution in [3.63, 3.8) is 0 Å². The number of aryl methyl sites for hydroxylation is 2. The van der Waals surface area contributed by atoms with Crippen molar-refractivity contribution in [2.75, 3.05) is 20.6 Å². The van der Waals surface area contributed by atoms with E-state index in [0.29, 0.717) is 9.80 Å². The smallest absolute Gasteiger partial charge is 0.323 e. The summed E-state index contributed by atoms with van der Waals surface area (Å²) in [4.78, 5) is 8.94. The van der Waals surface area contributed by atoms with Gasteiger partial charge in [0.05, 0.1) is 6.54 Å². The molecule has 0 radical (unpaired) electrons. The molecule has 166 valence electrons. The first-order chi connectivity index (χ1) is 13.8. The third kappa shape index (κ3) is 5.62. The minimum absolute atomic E-state index is 0.198. The second-order valence-electron chi connectivity index (χ2n) is 7.02. The average molecular weight is 459 g/mol. The molecule has 2 rings (SSSR count). The maximum atomic E-state index is 12.6. The van der Waals surface area contributed by atoms with Crippen LogP contribution in [0.5, 0.6) is 0 Å². The van der Waals surface area contributed by atoms with Crippen molar-refractivity contribution >= 4 is 25.9 Å². The quantitative estimate of drug-likeness (QED) is 0.430. The van der Waals surface area contributed by atoms with E-state index in [-0.39, 0.29) is 12.6 Å². The van der Waals surface area contributed by atoms with Crippen LogP contribution < -0.4 is 4.72 Å². The van der Waals surface area contributed by atoms with Gasteiger partial charge in [0.2, 0.25) is 0 Å². The minimum atomic E-state index is -4.20. The molecule has 0 saturated heterocycles. The predicted molar refractivity (Wildman–Crippen MR) is 112 cm³/mol. The fourth-order valence-electron chi connectivity index (χ4n) is 2.35. The summed E-state index contributed by atoms with van der Waals surface area (Å²) in [6.45, 7) is 7.24. The number of nitrogens with zero attached hydrogens (tertiary/aromatic N) is 5. The largest absolute Gasteiger partial charge is 0.393 e. The van der Waals surface area contributed by atoms with Gasteiger partial charge in [0.15, 0.2) is 0 Å². The summed E-state index contributed by atoms with van der Waals surface area (Å²) in [6, 6.07) is 5.67. The molecule has 1 aromatic carbocycles. The first kappa shape index (κ1) is 23.9. The van der Waals surface area contributed by atoms with E-state index < -0.39 is 25.4 Å². The highest BCUT2D eigenvalue weighted by molar-refractivity contribution is 7.89. The number of aromatic nitrogens is 3. The number of nitrogens with one attached hydrogen (secondary N) is 1. The molecule has 0 fully saturated rings. The summed E-state index contributed by atoms with van der Waals surface area (Å²) in [6.07, 6.45) is 0.626. The lowest BCUT2D eigenvalue weighted by molar-refractivity contribution is 0.0858. The van der Waals surface area contributed by atoms with Crippen molar-refractivity contribution in [2.24, 2.45) is 5.16 Å². The SMILES string of the molecule is Cc1ccc(/C(CNS(=O)(=O)c2ncn(S(=O)(=O)N(C)C)n2)=N/OC(C)C)c(C)c1. The molecule has 1 heterocycles. The van der Waals surface area contributed by atoms with Crippen molar-refractivity contribution in [3.05, 3.63) is 41.2 Å². The molecule has 0 aliphatic rings. The van der Waals surface area contributed by atoms with Crippen LogP contribution in [0.3, 0.4) is 0 Å². The van der Waals surface area contributed by atoms with E-state index in [1.165, 1.54) is 14.1 Å². The third-order valence-corrected chi connectivity index (χ3v) is 6.65. The molecule has 0 aliphatic heterocycles. The number of hydrogen-bond acceptors (Lipinski definition) is 8. The van der Waals surface area contributed by atoms with Crippen molar-refractivity contribution in [3.8, 4) is 0 Å². The van der Waals surface area contributed by atoms with Gasteiger partial charge < -0.3 is 4.84 Å². The van der Waals surface area contributed by atoms with Crippen LogP contribution in [0.25, 0.3) is 0 Å². The number of benzene rings is 1. The van der Waals surface area contributed by atoms with E-state index in [9.17, 15) is 16.8 Å². The van der Waals surface area contributed by atoms with Crippen LogP contribution in [-0.4, -0.2) is 67.8 Å². The van der Waals surface area contributed by atoms with Gasteiger partial charge in [0.25, 0.3) is 15.2 Å². The van der Waals surface area contributed by atoms with Crippen molar-refractivity contribution < 1.29 is 21.7 Å². The topological polar surface area (TPSA) is 136 Å². The Kier molecular flexibility index (Phi) is 7.34. The van der Waals surface area contributed by atoms with Crippen LogP contribution in [0.4, 0.5) is 0 Å². The van der Waals surface area contributed by atoms with E-state index in [4.69, 9.17) is 4.84 Å². The van der Waals surface area contributed by atoms with E-state index >= 15 is 0 Å². The Morgan fingerprint density at radius 3 is 2.47 bits per heavy atom. The summed E-state index contributed by atoms with van der Waals surface area (Å²) in [5.74, 6) is 0. The zero-order chi connectivity index (χ0) is 22.7. The molecule has 1 N–H and O–H groups in total. The molecule has 1 aromatic heterocycles. The molecule has 0 saturated carbocycles. The molecule has 11 nitrogen and oxygen atoms in total. The molecule has 0 bridgehead atoms. The van der Waals surface area contributed by atoms with Gasteiger partial charge in [-0.05, 0) is 33.3 Å². The molecule has 30 heavy (non-hydrogen) atoms. The van der Waals surface area contributed by atoms with Crippen LogP contribution in [0.1, 0.15) is 30.5 Å². The van der Waals surface area contributed by atoms with Crippen molar-refractivity contribution in [1.29, 1.82) is 0 Å². The second-order valence-corrected chi connectivity index (χ2v) is 10.7. The van der Waals surface area contributed by atoms with Gasteiger partial charge in [0.1, 0.15) is 18.1 Å². The molecular formula is C17H26N6O5S2. The van der Waals surface area contributed by atoms with Crippen LogP contribution >= 0.6 is 0 Å². The van der Waals surface area contributed by atoms with Gasteiger partial charge in [-0.1, -0.05) is 28.9 Å². The maximum absolute atomic E-state index is 12.6. The average Bonchev–Trinajstić information content (AvgIpc) is 3.14. The number of hydrogen-bond donors (Lipinski definition) is 1. The molecule has 0 unspecified atom stereocenters. The lowest BCUT2D eigenvalue weighted by Gasteiger charge is -2.12. The molecule has 2 aromatic rings. The highest BCUT2D eigenvalue weighted by Gasteiger charge is 2.25. The van der Waals surface area contributed by atoms with Gasteiger partial charge in [0, 0.05) is 19.7 Å².